The van der Waals surface area contributed by atoms with Crippen LogP contribution in [0.1, 0.15) is 25.1 Å². The van der Waals surface area contributed by atoms with E-state index >= 15 is 0 Å². The normalized spacial score (nSPS) is 11.8. The summed E-state index contributed by atoms with van der Waals surface area (Å²) in [6.45, 7) is 5.84. The third-order valence-electron chi connectivity index (χ3n) is 5.11. The van der Waals surface area contributed by atoms with Crippen LogP contribution in [0, 0.1) is 6.92 Å². The number of sulfone groups is 1. The molecule has 0 amide bonds. The molecule has 0 saturated heterocycles. The smallest absolute Gasteiger partial charge is 0.268 e. The lowest BCUT2D eigenvalue weighted by Crippen LogP contribution is -2.14. The maximum Gasteiger partial charge on any atom is 0.268 e. The van der Waals surface area contributed by atoms with Crippen molar-refractivity contribution in [3.63, 3.8) is 0 Å². The Bertz CT molecular complexity index is 1360. The van der Waals surface area contributed by atoms with Crippen LogP contribution in [0.2, 0.25) is 0 Å². The second-order valence-corrected chi connectivity index (χ2v) is 10.3. The average molecular weight is 465 g/mol. The summed E-state index contributed by atoms with van der Waals surface area (Å²) in [4.78, 5) is 13.5. The fourth-order valence-corrected chi connectivity index (χ4v) is 4.15. The van der Waals surface area contributed by atoms with E-state index in [1.165, 1.54) is 12.3 Å². The number of aromatic nitrogens is 5. The maximum absolute atomic E-state index is 12.3. The molecule has 0 saturated carbocycles. The van der Waals surface area contributed by atoms with Crippen molar-refractivity contribution in [2.45, 2.75) is 37.5 Å². The van der Waals surface area contributed by atoms with Crippen LogP contribution in [0.25, 0.3) is 34.4 Å². The molecular weight excluding hydrogens is 440 g/mol. The fraction of sp³-hybridized carbons (Fsp3) is 0.261. The second-order valence-electron chi connectivity index (χ2n) is 7.80. The Morgan fingerprint density at radius 2 is 1.67 bits per heavy atom. The number of benzene rings is 1. The summed E-state index contributed by atoms with van der Waals surface area (Å²) in [7, 11) is -1.50. The zero-order valence-corrected chi connectivity index (χ0v) is 19.6. The van der Waals surface area contributed by atoms with Gasteiger partial charge in [-0.15, -0.1) is 10.2 Å². The molecule has 10 heteroatoms. The minimum atomic E-state index is -3.40. The Kier molecular flexibility index (Phi) is 6.30. The fourth-order valence-electron chi connectivity index (χ4n) is 3.15. The predicted octanol–water partition coefficient (Wildman–Crippen LogP) is 3.47. The van der Waals surface area contributed by atoms with Gasteiger partial charge in [0.1, 0.15) is 11.4 Å². The molecule has 0 spiro atoms. The van der Waals surface area contributed by atoms with Crippen molar-refractivity contribution in [3.05, 3.63) is 60.0 Å². The number of pyridine rings is 1. The Labute approximate surface area is 192 Å². The molecule has 0 aliphatic carbocycles. The average Bonchev–Trinajstić information content (AvgIpc) is 3.30. The molecule has 0 unspecified atom stereocenters. The molecule has 170 valence electrons. The summed E-state index contributed by atoms with van der Waals surface area (Å²) in [5, 5.41) is 10.9. The predicted molar refractivity (Wildman–Crippen MR) is 124 cm³/mol. The molecule has 4 rings (SSSR count). The molecule has 1 aromatic carbocycles. The van der Waals surface area contributed by atoms with E-state index in [-0.39, 0.29) is 10.8 Å². The molecule has 0 fully saturated rings. The minimum absolute atomic E-state index is 0.170. The van der Waals surface area contributed by atoms with Gasteiger partial charge in [0.15, 0.2) is 9.84 Å². The first kappa shape index (κ1) is 22.7. The highest BCUT2D eigenvalue weighted by molar-refractivity contribution is 7.92. The highest BCUT2D eigenvalue weighted by Gasteiger charge is 2.20. The van der Waals surface area contributed by atoms with E-state index in [1.807, 2.05) is 31.3 Å². The van der Waals surface area contributed by atoms with Crippen molar-refractivity contribution < 1.29 is 12.8 Å². The Morgan fingerprint density at radius 3 is 2.30 bits per heavy atom. The van der Waals surface area contributed by atoms with E-state index in [2.05, 4.69) is 30.5 Å². The first-order valence-corrected chi connectivity index (χ1v) is 12.0. The van der Waals surface area contributed by atoms with Crippen molar-refractivity contribution in [1.29, 1.82) is 0 Å². The van der Waals surface area contributed by atoms with Gasteiger partial charge in [-0.25, -0.2) is 13.4 Å². The van der Waals surface area contributed by atoms with Gasteiger partial charge in [0.2, 0.25) is 5.89 Å². The third-order valence-corrected chi connectivity index (χ3v) is 7.25. The molecule has 0 aliphatic rings. The zero-order valence-electron chi connectivity index (χ0n) is 18.8. The Balaban J connectivity index is 1.63. The van der Waals surface area contributed by atoms with Gasteiger partial charge in [-0.3, -0.25) is 9.97 Å². The topological polar surface area (TPSA) is 124 Å². The number of hydrogen-bond acceptors (Lipinski definition) is 9. The summed E-state index contributed by atoms with van der Waals surface area (Å²) < 4.78 is 30.5. The lowest BCUT2D eigenvalue weighted by molar-refractivity contribution is 0.581. The third kappa shape index (κ3) is 4.67. The van der Waals surface area contributed by atoms with Crippen molar-refractivity contribution in [3.8, 4) is 34.4 Å². The summed E-state index contributed by atoms with van der Waals surface area (Å²) in [5.41, 5.74) is 3.98. The van der Waals surface area contributed by atoms with Crippen LogP contribution in [0.4, 0.5) is 0 Å². The maximum atomic E-state index is 12.3. The van der Waals surface area contributed by atoms with Crippen molar-refractivity contribution in [2.75, 3.05) is 7.05 Å². The van der Waals surface area contributed by atoms with Crippen LogP contribution in [-0.2, 0) is 16.4 Å². The zero-order chi connectivity index (χ0) is 23.6. The van der Waals surface area contributed by atoms with Gasteiger partial charge in [0, 0.05) is 18.3 Å². The quantitative estimate of drug-likeness (QED) is 0.438. The van der Waals surface area contributed by atoms with Gasteiger partial charge in [-0.2, -0.15) is 0 Å². The van der Waals surface area contributed by atoms with Crippen LogP contribution in [0.3, 0.4) is 0 Å². The van der Waals surface area contributed by atoms with Gasteiger partial charge in [0.25, 0.3) is 5.89 Å². The van der Waals surface area contributed by atoms with Gasteiger partial charge < -0.3 is 9.73 Å². The molecule has 0 radical (unpaired) electrons. The van der Waals surface area contributed by atoms with E-state index in [1.54, 1.807) is 33.0 Å². The van der Waals surface area contributed by atoms with Crippen LogP contribution in [0.15, 0.2) is 58.1 Å². The molecule has 0 bridgehead atoms. The van der Waals surface area contributed by atoms with Crippen molar-refractivity contribution >= 4 is 9.84 Å². The SMILES string of the molecule is CNCc1ccc(-c2nnc(-c3nc(-c4ccc(S(=O)(=O)C(C)C)cn4)cnc3C)o2)cc1. The summed E-state index contributed by atoms with van der Waals surface area (Å²) in [6, 6.07) is 11.0. The van der Waals surface area contributed by atoms with E-state index in [9.17, 15) is 8.42 Å². The molecule has 9 nitrogen and oxygen atoms in total. The molecule has 1 N–H and O–H groups in total. The Hall–Kier alpha value is -3.50. The van der Waals surface area contributed by atoms with Crippen LogP contribution in [0.5, 0.6) is 0 Å². The highest BCUT2D eigenvalue weighted by atomic mass is 32.2. The van der Waals surface area contributed by atoms with Crippen LogP contribution in [-0.4, -0.2) is 45.9 Å². The van der Waals surface area contributed by atoms with Gasteiger partial charge >= 0.3 is 0 Å². The number of aryl methyl sites for hydroxylation is 1. The first-order chi connectivity index (χ1) is 15.8. The monoisotopic (exact) mass is 464 g/mol. The van der Waals surface area contributed by atoms with Crippen molar-refractivity contribution in [1.82, 2.24) is 30.5 Å². The number of nitrogens with one attached hydrogen (secondary N) is 1. The molecule has 4 aromatic rings. The van der Waals surface area contributed by atoms with E-state index in [4.69, 9.17) is 4.42 Å². The van der Waals surface area contributed by atoms with Crippen LogP contribution < -0.4 is 5.32 Å². The van der Waals surface area contributed by atoms with Crippen molar-refractivity contribution in [2.24, 2.45) is 0 Å². The molecule has 33 heavy (non-hydrogen) atoms. The summed E-state index contributed by atoms with van der Waals surface area (Å²) >= 11 is 0. The van der Waals surface area contributed by atoms with E-state index in [0.29, 0.717) is 28.7 Å². The molecule has 3 aromatic heterocycles. The first-order valence-electron chi connectivity index (χ1n) is 10.4. The van der Waals surface area contributed by atoms with Gasteiger partial charge in [0.05, 0.1) is 27.7 Å². The molecule has 3 heterocycles. The minimum Gasteiger partial charge on any atom is -0.415 e. The molecule has 0 aliphatic heterocycles. The lowest BCUT2D eigenvalue weighted by atomic mass is 10.1. The highest BCUT2D eigenvalue weighted by Crippen LogP contribution is 2.27. The standard InChI is InChI=1S/C23H24N6O3S/c1-14(2)33(30,31)18-9-10-19(26-12-18)20-13-25-15(3)21(27-20)23-29-28-22(32-23)17-7-5-16(6-8-17)11-24-4/h5-10,12-14,24H,11H2,1-4H3. The number of rotatable bonds is 7. The van der Waals surface area contributed by atoms with E-state index < -0.39 is 15.1 Å². The largest absolute Gasteiger partial charge is 0.415 e. The summed E-state index contributed by atoms with van der Waals surface area (Å²) in [5.74, 6) is 0.629. The van der Waals surface area contributed by atoms with Gasteiger partial charge in [-0.05, 0) is 57.6 Å². The van der Waals surface area contributed by atoms with Gasteiger partial charge in [-0.1, -0.05) is 12.1 Å². The second kappa shape index (κ2) is 9.16. The molecular formula is C23H24N6O3S. The van der Waals surface area contributed by atoms with E-state index in [0.717, 1.165) is 17.7 Å². The number of nitrogens with zero attached hydrogens (tertiary/aromatic N) is 5. The summed E-state index contributed by atoms with van der Waals surface area (Å²) in [6.07, 6.45) is 2.92. The van der Waals surface area contributed by atoms with Crippen LogP contribution >= 0.6 is 0 Å². The Morgan fingerprint density at radius 1 is 0.939 bits per heavy atom. The molecule has 0 atom stereocenters. The lowest BCUT2D eigenvalue weighted by Gasteiger charge is -2.08. The number of hydrogen-bond donors (Lipinski definition) is 1.